The molecule has 2 heterocycles. The molecule has 1 aromatic heterocycles. The van der Waals surface area contributed by atoms with Crippen molar-refractivity contribution in [2.24, 2.45) is 0 Å². The van der Waals surface area contributed by atoms with Gasteiger partial charge >= 0.3 is 0 Å². The van der Waals surface area contributed by atoms with Crippen LogP contribution >= 0.6 is 0 Å². The van der Waals surface area contributed by atoms with Gasteiger partial charge in [-0.25, -0.2) is 9.37 Å². The molecule has 4 aromatic rings. The molecule has 1 amide bonds. The lowest BCUT2D eigenvalue weighted by molar-refractivity contribution is -0.135. The molecule has 1 fully saturated rings. The minimum Gasteiger partial charge on any atom is -0.493 e. The molecule has 8 nitrogen and oxygen atoms in total. The Bertz CT molecular complexity index is 1430. The molecule has 3 aromatic carbocycles. The monoisotopic (exact) mass is 516 g/mol. The summed E-state index contributed by atoms with van der Waals surface area (Å²) in [6, 6.07) is 19.4. The first-order valence-electron chi connectivity index (χ1n) is 12.5. The second kappa shape index (κ2) is 11.4. The van der Waals surface area contributed by atoms with E-state index in [1.165, 1.54) is 19.2 Å². The van der Waals surface area contributed by atoms with Gasteiger partial charge in [-0.15, -0.1) is 0 Å². The van der Waals surface area contributed by atoms with E-state index in [4.69, 9.17) is 14.5 Å². The SMILES string of the molecule is COc1cc(C=O)ccc1OCC(=O)N1CCN(Cc2nc3ccccc3n2Cc2ccc(F)cc2)CC1. The number of rotatable bonds is 9. The van der Waals surface area contributed by atoms with E-state index in [0.717, 1.165) is 28.7 Å². The fourth-order valence-corrected chi connectivity index (χ4v) is 4.66. The molecular weight excluding hydrogens is 487 g/mol. The van der Waals surface area contributed by atoms with Crippen molar-refractivity contribution in [2.75, 3.05) is 39.9 Å². The van der Waals surface area contributed by atoms with E-state index in [2.05, 4.69) is 9.47 Å². The summed E-state index contributed by atoms with van der Waals surface area (Å²) >= 11 is 0. The molecule has 9 heteroatoms. The second-order valence-corrected chi connectivity index (χ2v) is 9.20. The van der Waals surface area contributed by atoms with E-state index in [-0.39, 0.29) is 18.3 Å². The van der Waals surface area contributed by atoms with Gasteiger partial charge < -0.3 is 18.9 Å². The van der Waals surface area contributed by atoms with Gasteiger partial charge in [-0.05, 0) is 48.0 Å². The summed E-state index contributed by atoms with van der Waals surface area (Å²) in [6.45, 7) is 3.73. The lowest BCUT2D eigenvalue weighted by Gasteiger charge is -2.34. The van der Waals surface area contributed by atoms with E-state index in [0.29, 0.717) is 56.3 Å². The van der Waals surface area contributed by atoms with Crippen molar-refractivity contribution in [2.45, 2.75) is 13.1 Å². The zero-order valence-corrected chi connectivity index (χ0v) is 21.2. The van der Waals surface area contributed by atoms with Crippen LogP contribution in [-0.2, 0) is 17.9 Å². The number of para-hydroxylation sites is 2. The van der Waals surface area contributed by atoms with Crippen molar-refractivity contribution >= 4 is 23.2 Å². The number of ether oxygens (including phenoxy) is 2. The molecule has 0 aliphatic carbocycles. The first kappa shape index (κ1) is 25.4. The number of aromatic nitrogens is 2. The van der Waals surface area contributed by atoms with Crippen LogP contribution in [0.2, 0.25) is 0 Å². The van der Waals surface area contributed by atoms with Gasteiger partial charge in [0.05, 0.1) is 24.7 Å². The highest BCUT2D eigenvalue weighted by atomic mass is 19.1. The number of halogens is 1. The van der Waals surface area contributed by atoms with Crippen LogP contribution in [0.1, 0.15) is 21.7 Å². The summed E-state index contributed by atoms with van der Waals surface area (Å²) in [6.07, 6.45) is 0.731. The van der Waals surface area contributed by atoms with Gasteiger partial charge in [-0.1, -0.05) is 24.3 Å². The number of methoxy groups -OCH3 is 1. The van der Waals surface area contributed by atoms with E-state index < -0.39 is 0 Å². The standard InChI is InChI=1S/C29H29FN4O4/c1-37-27-16-22(19-35)8-11-26(27)38-20-29(36)33-14-12-32(13-15-33)18-28-31-24-4-2-3-5-25(24)34(28)17-21-6-9-23(30)10-7-21/h2-11,16,19H,12-15,17-18,20H2,1H3. The van der Waals surface area contributed by atoms with E-state index >= 15 is 0 Å². The Balaban J connectivity index is 1.20. The lowest BCUT2D eigenvalue weighted by Crippen LogP contribution is -2.49. The molecule has 1 saturated heterocycles. The van der Waals surface area contributed by atoms with Crippen LogP contribution in [0.15, 0.2) is 66.7 Å². The molecule has 5 rings (SSSR count). The molecule has 0 radical (unpaired) electrons. The number of carbonyl (C=O) groups is 2. The van der Waals surface area contributed by atoms with Crippen LogP contribution in [0.5, 0.6) is 11.5 Å². The number of amides is 1. The van der Waals surface area contributed by atoms with Crippen molar-refractivity contribution in [3.63, 3.8) is 0 Å². The highest BCUT2D eigenvalue weighted by molar-refractivity contribution is 5.79. The fourth-order valence-electron chi connectivity index (χ4n) is 4.66. The number of nitrogens with zero attached hydrogens (tertiary/aromatic N) is 4. The van der Waals surface area contributed by atoms with Crippen LogP contribution in [0.25, 0.3) is 11.0 Å². The van der Waals surface area contributed by atoms with Crippen molar-refractivity contribution < 1.29 is 23.5 Å². The third-order valence-corrected chi connectivity index (χ3v) is 6.75. The summed E-state index contributed by atoms with van der Waals surface area (Å²) in [4.78, 5) is 32.7. The lowest BCUT2D eigenvalue weighted by atomic mass is 10.2. The summed E-state index contributed by atoms with van der Waals surface area (Å²) in [5.74, 6) is 1.41. The zero-order chi connectivity index (χ0) is 26.5. The van der Waals surface area contributed by atoms with E-state index in [1.807, 2.05) is 24.3 Å². The van der Waals surface area contributed by atoms with Gasteiger partial charge in [0.25, 0.3) is 5.91 Å². The predicted molar refractivity (Wildman–Crippen MR) is 141 cm³/mol. The minimum atomic E-state index is -0.253. The van der Waals surface area contributed by atoms with Crippen LogP contribution < -0.4 is 9.47 Å². The summed E-state index contributed by atoms with van der Waals surface area (Å²) in [5.41, 5.74) is 3.44. The Morgan fingerprint density at radius 2 is 1.74 bits per heavy atom. The van der Waals surface area contributed by atoms with Crippen LogP contribution in [0, 0.1) is 5.82 Å². The highest BCUT2D eigenvalue weighted by Crippen LogP contribution is 2.27. The normalized spacial score (nSPS) is 14.0. The first-order valence-corrected chi connectivity index (χ1v) is 12.5. The quantitative estimate of drug-likeness (QED) is 0.315. The second-order valence-electron chi connectivity index (χ2n) is 9.20. The van der Waals surface area contributed by atoms with Crippen molar-refractivity contribution in [3.8, 4) is 11.5 Å². The topological polar surface area (TPSA) is 76.9 Å². The van der Waals surface area contributed by atoms with Gasteiger partial charge in [0.2, 0.25) is 0 Å². The average molecular weight is 517 g/mol. The van der Waals surface area contributed by atoms with Crippen LogP contribution in [0.4, 0.5) is 4.39 Å². The van der Waals surface area contributed by atoms with Crippen molar-refractivity contribution in [3.05, 3.63) is 89.5 Å². The Labute approximate surface area is 220 Å². The third kappa shape index (κ3) is 5.68. The molecular formula is C29H29FN4O4. The minimum absolute atomic E-state index is 0.102. The summed E-state index contributed by atoms with van der Waals surface area (Å²) in [5, 5.41) is 0. The predicted octanol–water partition coefficient (Wildman–Crippen LogP) is 3.77. The highest BCUT2D eigenvalue weighted by Gasteiger charge is 2.23. The fraction of sp³-hybridized carbons (Fsp3) is 0.276. The molecule has 0 atom stereocenters. The number of imidazole rings is 1. The molecule has 196 valence electrons. The molecule has 38 heavy (non-hydrogen) atoms. The Kier molecular flexibility index (Phi) is 7.65. The third-order valence-electron chi connectivity index (χ3n) is 6.75. The maximum absolute atomic E-state index is 13.4. The summed E-state index contributed by atoms with van der Waals surface area (Å²) in [7, 11) is 1.49. The Morgan fingerprint density at radius 3 is 2.47 bits per heavy atom. The molecule has 1 aliphatic rings. The smallest absolute Gasteiger partial charge is 0.260 e. The Hall–Kier alpha value is -4.24. The van der Waals surface area contributed by atoms with Gasteiger partial charge in [-0.2, -0.15) is 0 Å². The van der Waals surface area contributed by atoms with Gasteiger partial charge in [0, 0.05) is 38.3 Å². The number of hydrogen-bond donors (Lipinski definition) is 0. The van der Waals surface area contributed by atoms with Gasteiger partial charge in [0.1, 0.15) is 17.9 Å². The molecule has 0 bridgehead atoms. The molecule has 0 unspecified atom stereocenters. The molecule has 0 saturated carbocycles. The maximum atomic E-state index is 13.4. The molecule has 0 spiro atoms. The van der Waals surface area contributed by atoms with Gasteiger partial charge in [0.15, 0.2) is 18.1 Å². The maximum Gasteiger partial charge on any atom is 0.260 e. The van der Waals surface area contributed by atoms with Crippen LogP contribution in [-0.4, -0.2) is 71.4 Å². The number of aldehydes is 1. The Morgan fingerprint density at radius 1 is 0.974 bits per heavy atom. The van der Waals surface area contributed by atoms with E-state index in [9.17, 15) is 14.0 Å². The molecule has 1 aliphatic heterocycles. The van der Waals surface area contributed by atoms with Crippen molar-refractivity contribution in [1.29, 1.82) is 0 Å². The van der Waals surface area contributed by atoms with E-state index in [1.54, 1.807) is 35.2 Å². The number of hydrogen-bond acceptors (Lipinski definition) is 6. The van der Waals surface area contributed by atoms with Gasteiger partial charge in [-0.3, -0.25) is 14.5 Å². The largest absolute Gasteiger partial charge is 0.493 e. The number of fused-ring (bicyclic) bond motifs is 1. The first-order chi connectivity index (χ1) is 18.5. The average Bonchev–Trinajstić information content (AvgIpc) is 3.29. The zero-order valence-electron chi connectivity index (χ0n) is 21.2. The number of piperazine rings is 1. The van der Waals surface area contributed by atoms with Crippen LogP contribution in [0.3, 0.4) is 0 Å². The van der Waals surface area contributed by atoms with Crippen molar-refractivity contribution in [1.82, 2.24) is 19.4 Å². The molecule has 0 N–H and O–H groups in total. The summed E-state index contributed by atoms with van der Waals surface area (Å²) < 4.78 is 26.6. The number of carbonyl (C=O) groups excluding carboxylic acids is 2. The number of benzene rings is 3.